The van der Waals surface area contributed by atoms with Crippen molar-refractivity contribution in [2.75, 3.05) is 22.9 Å². The monoisotopic (exact) mass is 664 g/mol. The van der Waals surface area contributed by atoms with Crippen LogP contribution in [0.25, 0.3) is 0 Å². The van der Waals surface area contributed by atoms with E-state index in [1.807, 2.05) is 19.9 Å². The van der Waals surface area contributed by atoms with Crippen LogP contribution in [0.2, 0.25) is 0 Å². The number of alkyl halides is 6. The number of fused-ring (bicyclic) bond motifs is 1. The first kappa shape index (κ1) is 35.8. The number of halogens is 6. The molecule has 1 aromatic heterocycles. The molecular formula is C31H38F6MgN6O2. The smallest absolute Gasteiger partial charge is 1.00 e. The average molecular weight is 665 g/mol. The summed E-state index contributed by atoms with van der Waals surface area (Å²) in [6, 6.07) is 5.23. The Kier molecular flexibility index (Phi) is 10.9. The molecule has 2 aliphatic rings. The summed E-state index contributed by atoms with van der Waals surface area (Å²) in [6.45, 7) is 5.04. The number of carboxylic acid groups (broad SMARTS) is 1. The fourth-order valence-corrected chi connectivity index (χ4v) is 6.85. The largest absolute Gasteiger partial charge is 2.00 e. The van der Waals surface area contributed by atoms with Crippen molar-refractivity contribution >= 4 is 40.7 Å². The molecule has 0 amide bonds. The first-order valence-corrected chi connectivity index (χ1v) is 15.0. The van der Waals surface area contributed by atoms with Crippen LogP contribution in [0, 0.1) is 25.7 Å². The van der Waals surface area contributed by atoms with Gasteiger partial charge in [-0.2, -0.15) is 31.1 Å². The topological polar surface area (TPSA) is 87.4 Å². The number of carboxylic acids is 1. The van der Waals surface area contributed by atoms with Crippen molar-refractivity contribution in [2.45, 2.75) is 77.3 Å². The van der Waals surface area contributed by atoms with Gasteiger partial charge in [-0.15, -0.1) is 5.10 Å². The first-order valence-electron chi connectivity index (χ1n) is 15.0. The number of rotatable bonds is 7. The second-order valence-electron chi connectivity index (χ2n) is 12.3. The van der Waals surface area contributed by atoms with E-state index in [1.165, 1.54) is 11.8 Å². The maximum absolute atomic E-state index is 13.7. The van der Waals surface area contributed by atoms with E-state index in [-0.39, 0.29) is 55.9 Å². The quantitative estimate of drug-likeness (QED) is 0.216. The van der Waals surface area contributed by atoms with Crippen LogP contribution in [0.5, 0.6) is 0 Å². The Bertz CT molecular complexity index is 1520. The molecule has 46 heavy (non-hydrogen) atoms. The predicted octanol–water partition coefficient (Wildman–Crippen LogP) is 6.95. The molecule has 248 valence electrons. The molecule has 1 atom stereocenters. The average Bonchev–Trinajstić information content (AvgIpc) is 3.30. The number of anilines is 2. The van der Waals surface area contributed by atoms with Gasteiger partial charge >= 0.3 is 41.4 Å². The van der Waals surface area contributed by atoms with Gasteiger partial charge in [0.15, 0.2) is 0 Å². The van der Waals surface area contributed by atoms with Crippen molar-refractivity contribution in [3.05, 3.63) is 63.7 Å². The van der Waals surface area contributed by atoms with Crippen LogP contribution in [0.1, 0.15) is 80.8 Å². The zero-order chi connectivity index (χ0) is 32.7. The van der Waals surface area contributed by atoms with E-state index >= 15 is 0 Å². The van der Waals surface area contributed by atoms with E-state index in [1.54, 1.807) is 4.90 Å². The summed E-state index contributed by atoms with van der Waals surface area (Å²) in [5.41, 5.74) is 0.892. The number of hydrogen-bond donors (Lipinski definition) is 1. The van der Waals surface area contributed by atoms with Gasteiger partial charge < -0.3 is 17.8 Å². The molecule has 0 saturated heterocycles. The molecule has 1 aliphatic heterocycles. The van der Waals surface area contributed by atoms with Crippen molar-refractivity contribution < 1.29 is 39.1 Å². The van der Waals surface area contributed by atoms with Crippen LogP contribution < -0.4 is 9.80 Å². The zero-order valence-corrected chi connectivity index (χ0v) is 27.4. The Morgan fingerprint density at radius 1 is 0.978 bits per heavy atom. The van der Waals surface area contributed by atoms with E-state index in [9.17, 15) is 36.2 Å². The molecule has 0 radical (unpaired) electrons. The van der Waals surface area contributed by atoms with Crippen molar-refractivity contribution in [2.24, 2.45) is 18.9 Å². The predicted molar refractivity (Wildman–Crippen MR) is 163 cm³/mol. The first-order chi connectivity index (χ1) is 21.1. The molecule has 8 nitrogen and oxygen atoms in total. The number of carbonyl (C=O) groups is 1. The number of aryl methyl sites for hydroxylation is 3. The molecule has 15 heteroatoms. The standard InChI is InChI=1S/C31H36F6N6O2.Mg.2H/c1-18-11-19(2)27-25(12-18)26(5-4-10-42(27)16-20-6-8-22(9-7-20)28(44)45)43(29-38-40-41(3)39-29)17-21-13-23(30(32,33)34)15-24(14-21)31(35,36)37;;;/h11-15,20,22,26H,4-10,16-17H2,1-3H3,(H,44,45);;;/q;+2;2*-1/t20?,22?,26-;;;/m0.../s1. The van der Waals surface area contributed by atoms with Crippen molar-refractivity contribution in [3.63, 3.8) is 0 Å². The Hall–Kier alpha value is -3.07. The van der Waals surface area contributed by atoms with Crippen molar-refractivity contribution in [1.82, 2.24) is 20.2 Å². The molecule has 1 aliphatic carbocycles. The van der Waals surface area contributed by atoms with Gasteiger partial charge in [-0.3, -0.25) is 4.79 Å². The van der Waals surface area contributed by atoms with Gasteiger partial charge in [-0.1, -0.05) is 22.8 Å². The molecule has 5 rings (SSSR count). The van der Waals surface area contributed by atoms with E-state index in [2.05, 4.69) is 26.4 Å². The van der Waals surface area contributed by atoms with Gasteiger partial charge in [-0.25, -0.2) is 0 Å². The van der Waals surface area contributed by atoms with Gasteiger partial charge in [-0.05, 0) is 98.4 Å². The van der Waals surface area contributed by atoms with Gasteiger partial charge in [0.1, 0.15) is 0 Å². The van der Waals surface area contributed by atoms with E-state index in [4.69, 9.17) is 0 Å². The summed E-state index contributed by atoms with van der Waals surface area (Å²) in [4.78, 5) is 16.6. The van der Waals surface area contributed by atoms with Crippen LogP contribution in [-0.4, -0.2) is 67.4 Å². The summed E-state index contributed by atoms with van der Waals surface area (Å²) in [6.07, 6.45) is -5.87. The third-order valence-corrected chi connectivity index (χ3v) is 8.86. The summed E-state index contributed by atoms with van der Waals surface area (Å²) < 4.78 is 82.4. The fourth-order valence-electron chi connectivity index (χ4n) is 6.85. The van der Waals surface area contributed by atoms with E-state index in [0.29, 0.717) is 38.1 Å². The van der Waals surface area contributed by atoms with Gasteiger partial charge in [0, 0.05) is 25.3 Å². The molecule has 0 unspecified atom stereocenters. The molecule has 0 spiro atoms. The third kappa shape index (κ3) is 8.07. The van der Waals surface area contributed by atoms with Crippen molar-refractivity contribution in [1.29, 1.82) is 0 Å². The number of hydrogen-bond acceptors (Lipinski definition) is 6. The molecular weight excluding hydrogens is 627 g/mol. The SMILES string of the molecule is Cc1cc(C)c2c(c1)[C@@H](N(Cc1cc(C(F)(F)F)cc(C(F)(F)F)c1)c1nnn(C)n1)CCCN2CC1CCC(C(=O)O)CC1.[H-].[H-].[Mg+2]. The Morgan fingerprint density at radius 3 is 2.15 bits per heavy atom. The van der Waals surface area contributed by atoms with Gasteiger partial charge in [0.2, 0.25) is 0 Å². The maximum Gasteiger partial charge on any atom is 2.00 e. The van der Waals surface area contributed by atoms with Crippen LogP contribution in [0.3, 0.4) is 0 Å². The minimum absolute atomic E-state index is 0. The number of nitrogens with zero attached hydrogens (tertiary/aromatic N) is 6. The summed E-state index contributed by atoms with van der Waals surface area (Å²) in [7, 11) is 1.54. The Balaban J connectivity index is 0.00000267. The molecule has 1 fully saturated rings. The summed E-state index contributed by atoms with van der Waals surface area (Å²) >= 11 is 0. The van der Waals surface area contributed by atoms with E-state index < -0.39 is 35.5 Å². The molecule has 0 bridgehead atoms. The van der Waals surface area contributed by atoms with Crippen LogP contribution in [-0.2, 0) is 30.7 Å². The number of aromatic nitrogens is 4. The summed E-state index contributed by atoms with van der Waals surface area (Å²) in [5, 5.41) is 21.8. The second-order valence-corrected chi connectivity index (χ2v) is 12.3. The Labute approximate surface area is 282 Å². The van der Waals surface area contributed by atoms with Crippen LogP contribution >= 0.6 is 0 Å². The van der Waals surface area contributed by atoms with Crippen molar-refractivity contribution in [3.8, 4) is 0 Å². The maximum atomic E-state index is 13.7. The van der Waals surface area contributed by atoms with Gasteiger partial charge in [0.05, 0.1) is 30.1 Å². The molecule has 2 aromatic carbocycles. The zero-order valence-electron chi connectivity index (χ0n) is 28.0. The number of tetrazole rings is 1. The fraction of sp³-hybridized carbons (Fsp3) is 0.548. The van der Waals surface area contributed by atoms with Crippen LogP contribution in [0.4, 0.5) is 38.0 Å². The van der Waals surface area contributed by atoms with Crippen LogP contribution in [0.15, 0.2) is 30.3 Å². The molecule has 3 aromatic rings. The molecule has 1 saturated carbocycles. The minimum Gasteiger partial charge on any atom is -1.00 e. The number of benzene rings is 2. The second kappa shape index (κ2) is 14.0. The molecule has 2 heterocycles. The molecule has 1 N–H and O–H groups in total. The Morgan fingerprint density at radius 2 is 1.61 bits per heavy atom. The van der Waals surface area contributed by atoms with Gasteiger partial charge in [0.25, 0.3) is 5.95 Å². The third-order valence-electron chi connectivity index (χ3n) is 8.86. The normalized spacial score (nSPS) is 20.5. The number of aliphatic carboxylic acids is 1. The van der Waals surface area contributed by atoms with E-state index in [0.717, 1.165) is 53.9 Å². The minimum atomic E-state index is -4.97. The summed E-state index contributed by atoms with van der Waals surface area (Å²) in [5.74, 6) is -0.690.